The molecule has 0 aliphatic carbocycles. The van der Waals surface area contributed by atoms with Crippen molar-refractivity contribution in [1.82, 2.24) is 15.0 Å². The van der Waals surface area contributed by atoms with E-state index < -0.39 is 0 Å². The van der Waals surface area contributed by atoms with Gasteiger partial charge in [0, 0.05) is 22.9 Å². The van der Waals surface area contributed by atoms with E-state index in [4.69, 9.17) is 4.74 Å². The van der Waals surface area contributed by atoms with Gasteiger partial charge >= 0.3 is 5.97 Å². The van der Waals surface area contributed by atoms with Crippen molar-refractivity contribution >= 4 is 23.7 Å². The van der Waals surface area contributed by atoms with Crippen LogP contribution in [0.3, 0.4) is 0 Å². The minimum Gasteiger partial charge on any atom is -0.463 e. The molecule has 0 radical (unpaired) electrons. The second-order valence-electron chi connectivity index (χ2n) is 6.87. The van der Waals surface area contributed by atoms with E-state index in [1.54, 1.807) is 13.0 Å². The van der Waals surface area contributed by atoms with Gasteiger partial charge in [-0.3, -0.25) is 0 Å². The molecule has 1 heterocycles. The fourth-order valence-electron chi connectivity index (χ4n) is 3.03. The van der Waals surface area contributed by atoms with Crippen LogP contribution >= 0.6 is 0 Å². The molecule has 0 atom stereocenters. The number of anilines is 2. The summed E-state index contributed by atoms with van der Waals surface area (Å²) in [6, 6.07) is 27.2. The van der Waals surface area contributed by atoms with Crippen LogP contribution in [0.1, 0.15) is 12.5 Å². The fourth-order valence-corrected chi connectivity index (χ4v) is 3.03. The van der Waals surface area contributed by atoms with Crippen LogP contribution in [-0.2, 0) is 9.53 Å². The maximum absolute atomic E-state index is 11.5. The first kappa shape index (κ1) is 20.9. The lowest BCUT2D eigenvalue weighted by molar-refractivity contribution is -0.137. The van der Waals surface area contributed by atoms with Crippen LogP contribution in [0.25, 0.3) is 28.9 Å². The Bertz CT molecular complexity index is 1150. The monoisotopic (exact) mass is 422 g/mol. The molecular formula is C26H22N4O2. The van der Waals surface area contributed by atoms with Crippen LogP contribution in [0.15, 0.2) is 91.0 Å². The van der Waals surface area contributed by atoms with Crippen molar-refractivity contribution in [2.75, 3.05) is 11.9 Å². The quantitative estimate of drug-likeness (QED) is 0.312. The van der Waals surface area contributed by atoms with E-state index in [1.807, 2.05) is 84.9 Å². The third kappa shape index (κ3) is 5.43. The molecular weight excluding hydrogens is 400 g/mol. The van der Waals surface area contributed by atoms with Crippen LogP contribution in [0.2, 0.25) is 0 Å². The van der Waals surface area contributed by atoms with Gasteiger partial charge in [-0.2, -0.15) is 9.97 Å². The second kappa shape index (κ2) is 10.1. The van der Waals surface area contributed by atoms with Gasteiger partial charge in [-0.05, 0) is 30.7 Å². The maximum Gasteiger partial charge on any atom is 0.330 e. The SMILES string of the molecule is CCOC(=O)/C=C/c1ccc(Nc2nc(-c3ccccc3)nc(-c3ccccc3)n2)cc1. The second-order valence-corrected chi connectivity index (χ2v) is 6.87. The molecule has 0 saturated carbocycles. The van der Waals surface area contributed by atoms with E-state index in [1.165, 1.54) is 6.08 Å². The van der Waals surface area contributed by atoms with E-state index >= 15 is 0 Å². The highest BCUT2D eigenvalue weighted by molar-refractivity contribution is 5.87. The van der Waals surface area contributed by atoms with Gasteiger partial charge in [-0.25, -0.2) is 9.78 Å². The summed E-state index contributed by atoms with van der Waals surface area (Å²) in [5, 5.41) is 3.26. The third-order valence-corrected chi connectivity index (χ3v) is 4.56. The van der Waals surface area contributed by atoms with Gasteiger partial charge in [0.25, 0.3) is 0 Å². The lowest BCUT2D eigenvalue weighted by Crippen LogP contribution is -2.03. The maximum atomic E-state index is 11.5. The Balaban J connectivity index is 1.61. The standard InChI is InChI=1S/C26H22N4O2/c1-2-32-23(31)18-15-19-13-16-22(17-14-19)27-26-29-24(20-9-5-3-6-10-20)28-25(30-26)21-11-7-4-8-12-21/h3-18H,2H2,1H3,(H,27,28,29,30)/b18-15+. The molecule has 0 spiro atoms. The van der Waals surface area contributed by atoms with E-state index in [-0.39, 0.29) is 5.97 Å². The number of carbonyl (C=O) groups is 1. The molecule has 0 aliphatic heterocycles. The molecule has 4 rings (SSSR count). The van der Waals surface area contributed by atoms with Gasteiger partial charge in [0.05, 0.1) is 6.61 Å². The van der Waals surface area contributed by atoms with Crippen molar-refractivity contribution in [3.63, 3.8) is 0 Å². The van der Waals surface area contributed by atoms with Crippen LogP contribution in [-0.4, -0.2) is 27.5 Å². The van der Waals surface area contributed by atoms with Crippen molar-refractivity contribution in [2.45, 2.75) is 6.92 Å². The topological polar surface area (TPSA) is 77.0 Å². The van der Waals surface area contributed by atoms with Crippen molar-refractivity contribution in [2.24, 2.45) is 0 Å². The summed E-state index contributed by atoms with van der Waals surface area (Å²) in [5.41, 5.74) is 3.53. The first-order chi connectivity index (χ1) is 15.7. The van der Waals surface area contributed by atoms with Gasteiger partial charge in [-0.1, -0.05) is 72.8 Å². The summed E-state index contributed by atoms with van der Waals surface area (Å²) in [4.78, 5) is 25.4. The van der Waals surface area contributed by atoms with Gasteiger partial charge in [0.1, 0.15) is 0 Å². The number of carbonyl (C=O) groups excluding carboxylic acids is 1. The molecule has 158 valence electrons. The minimum absolute atomic E-state index is 0.355. The van der Waals surface area contributed by atoms with E-state index in [9.17, 15) is 4.79 Å². The number of hydrogen-bond donors (Lipinski definition) is 1. The molecule has 0 unspecified atom stereocenters. The minimum atomic E-state index is -0.359. The van der Waals surface area contributed by atoms with Crippen LogP contribution in [0, 0.1) is 0 Å². The van der Waals surface area contributed by atoms with E-state index in [0.717, 1.165) is 22.4 Å². The highest BCUT2D eigenvalue weighted by Gasteiger charge is 2.10. The Morgan fingerprint density at radius 2 is 1.38 bits per heavy atom. The predicted molar refractivity (Wildman–Crippen MR) is 126 cm³/mol. The van der Waals surface area contributed by atoms with Crippen molar-refractivity contribution in [1.29, 1.82) is 0 Å². The Hall–Kier alpha value is -4.32. The Morgan fingerprint density at radius 1 is 0.812 bits per heavy atom. The zero-order valence-corrected chi connectivity index (χ0v) is 17.6. The molecule has 1 aromatic heterocycles. The summed E-state index contributed by atoms with van der Waals surface area (Å²) < 4.78 is 4.90. The van der Waals surface area contributed by atoms with E-state index in [2.05, 4.69) is 20.3 Å². The Labute approximate surface area is 186 Å². The average Bonchev–Trinajstić information content (AvgIpc) is 2.85. The summed E-state index contributed by atoms with van der Waals surface area (Å²) in [6.45, 7) is 2.13. The van der Waals surface area contributed by atoms with Crippen LogP contribution in [0.5, 0.6) is 0 Å². The fraction of sp³-hybridized carbons (Fsp3) is 0.0769. The van der Waals surface area contributed by atoms with Crippen LogP contribution in [0.4, 0.5) is 11.6 Å². The number of benzene rings is 3. The molecule has 0 fully saturated rings. The van der Waals surface area contributed by atoms with Crippen molar-refractivity contribution < 1.29 is 9.53 Å². The number of hydrogen-bond acceptors (Lipinski definition) is 6. The Kier molecular flexibility index (Phi) is 6.63. The zero-order chi connectivity index (χ0) is 22.2. The predicted octanol–water partition coefficient (Wildman–Crippen LogP) is 5.53. The molecule has 0 aliphatic rings. The molecule has 32 heavy (non-hydrogen) atoms. The Morgan fingerprint density at radius 3 is 1.91 bits per heavy atom. The van der Waals surface area contributed by atoms with Gasteiger partial charge in [0.15, 0.2) is 11.6 Å². The number of nitrogens with one attached hydrogen (secondary N) is 1. The molecule has 6 heteroatoms. The number of esters is 1. The van der Waals surface area contributed by atoms with Crippen LogP contribution < -0.4 is 5.32 Å². The molecule has 4 aromatic rings. The summed E-state index contributed by atoms with van der Waals surface area (Å²) in [7, 11) is 0. The first-order valence-electron chi connectivity index (χ1n) is 10.3. The zero-order valence-electron chi connectivity index (χ0n) is 17.6. The van der Waals surface area contributed by atoms with Crippen molar-refractivity contribution in [3.8, 4) is 22.8 Å². The molecule has 0 saturated heterocycles. The molecule has 3 aromatic carbocycles. The average molecular weight is 422 g/mol. The molecule has 1 N–H and O–H groups in total. The highest BCUT2D eigenvalue weighted by atomic mass is 16.5. The highest BCUT2D eigenvalue weighted by Crippen LogP contribution is 2.23. The first-order valence-corrected chi connectivity index (χ1v) is 10.3. The molecule has 0 bridgehead atoms. The smallest absolute Gasteiger partial charge is 0.330 e. The largest absolute Gasteiger partial charge is 0.463 e. The normalized spacial score (nSPS) is 10.8. The molecule has 0 amide bonds. The number of aromatic nitrogens is 3. The number of rotatable bonds is 7. The van der Waals surface area contributed by atoms with E-state index in [0.29, 0.717) is 24.2 Å². The number of ether oxygens (including phenoxy) is 1. The lowest BCUT2D eigenvalue weighted by atomic mass is 10.2. The van der Waals surface area contributed by atoms with Gasteiger partial charge in [-0.15, -0.1) is 0 Å². The summed E-state index contributed by atoms with van der Waals surface area (Å²) in [5.74, 6) is 1.28. The third-order valence-electron chi connectivity index (χ3n) is 4.56. The number of nitrogens with zero attached hydrogens (tertiary/aromatic N) is 3. The summed E-state index contributed by atoms with van der Waals surface area (Å²) >= 11 is 0. The van der Waals surface area contributed by atoms with Gasteiger partial charge < -0.3 is 10.1 Å². The lowest BCUT2D eigenvalue weighted by Gasteiger charge is -2.10. The summed E-state index contributed by atoms with van der Waals surface area (Å²) in [6.07, 6.45) is 3.13. The van der Waals surface area contributed by atoms with Crippen molar-refractivity contribution in [3.05, 3.63) is 96.6 Å². The van der Waals surface area contributed by atoms with Gasteiger partial charge in [0.2, 0.25) is 5.95 Å². The molecule has 6 nitrogen and oxygen atoms in total.